The molecule has 2 rings (SSSR count). The van der Waals surface area contributed by atoms with Crippen LogP contribution in [-0.2, 0) is 0 Å². The summed E-state index contributed by atoms with van der Waals surface area (Å²) in [6.07, 6.45) is 4.91. The monoisotopic (exact) mass is 314 g/mol. The van der Waals surface area contributed by atoms with Gasteiger partial charge in [-0.1, -0.05) is 0 Å². The summed E-state index contributed by atoms with van der Waals surface area (Å²) in [4.78, 5) is 14.4. The van der Waals surface area contributed by atoms with E-state index in [0.29, 0.717) is 16.2 Å². The second-order valence-electron chi connectivity index (χ2n) is 4.41. The third-order valence-electron chi connectivity index (χ3n) is 3.17. The van der Waals surface area contributed by atoms with E-state index in [9.17, 15) is 10.1 Å². The highest BCUT2D eigenvalue weighted by molar-refractivity contribution is 9.10. The number of anilines is 1. The van der Waals surface area contributed by atoms with E-state index in [-0.39, 0.29) is 11.7 Å². The molecule has 0 radical (unpaired) electrons. The standard InChI is InChI=1S/C11H15BrN4O2/c1-7-9(3-2-4-14-7)15-11-8(12)5-13-6-10(11)16(17)18/h5-7,9,14H,2-4H2,1H3,(H,13,15). The maximum Gasteiger partial charge on any atom is 0.311 e. The van der Waals surface area contributed by atoms with Crippen LogP contribution >= 0.6 is 15.9 Å². The van der Waals surface area contributed by atoms with Crippen molar-refractivity contribution >= 4 is 27.3 Å². The van der Waals surface area contributed by atoms with Gasteiger partial charge in [-0.15, -0.1) is 0 Å². The molecular formula is C11H15BrN4O2. The number of halogens is 1. The van der Waals surface area contributed by atoms with Crippen molar-refractivity contribution in [3.05, 3.63) is 27.0 Å². The van der Waals surface area contributed by atoms with Gasteiger partial charge in [0.05, 0.1) is 9.40 Å². The Labute approximate surface area is 113 Å². The average Bonchev–Trinajstić information content (AvgIpc) is 2.34. The lowest BCUT2D eigenvalue weighted by Gasteiger charge is -2.31. The fraction of sp³-hybridized carbons (Fsp3) is 0.545. The molecule has 0 aliphatic carbocycles. The summed E-state index contributed by atoms with van der Waals surface area (Å²) in [5, 5.41) is 17.6. The molecule has 98 valence electrons. The van der Waals surface area contributed by atoms with Crippen molar-refractivity contribution in [1.82, 2.24) is 10.3 Å². The number of hydrogen-bond acceptors (Lipinski definition) is 5. The quantitative estimate of drug-likeness (QED) is 0.661. The molecule has 7 heteroatoms. The largest absolute Gasteiger partial charge is 0.374 e. The summed E-state index contributed by atoms with van der Waals surface area (Å²) in [5.41, 5.74) is 0.512. The van der Waals surface area contributed by atoms with Crippen LogP contribution in [0.4, 0.5) is 11.4 Å². The van der Waals surface area contributed by atoms with Crippen molar-refractivity contribution in [3.8, 4) is 0 Å². The first-order chi connectivity index (χ1) is 8.59. The van der Waals surface area contributed by atoms with Gasteiger partial charge in [0.25, 0.3) is 0 Å². The highest BCUT2D eigenvalue weighted by atomic mass is 79.9. The zero-order valence-corrected chi connectivity index (χ0v) is 11.6. The summed E-state index contributed by atoms with van der Waals surface area (Å²) in [6, 6.07) is 0.481. The lowest BCUT2D eigenvalue weighted by Crippen LogP contribution is -2.46. The third kappa shape index (κ3) is 2.78. The maximum absolute atomic E-state index is 11.0. The van der Waals surface area contributed by atoms with Gasteiger partial charge in [-0.2, -0.15) is 0 Å². The van der Waals surface area contributed by atoms with E-state index in [1.54, 1.807) is 6.20 Å². The molecule has 18 heavy (non-hydrogen) atoms. The van der Waals surface area contributed by atoms with Crippen LogP contribution in [0.25, 0.3) is 0 Å². The molecule has 2 N–H and O–H groups in total. The van der Waals surface area contributed by atoms with E-state index >= 15 is 0 Å². The van der Waals surface area contributed by atoms with Crippen LogP contribution in [-0.4, -0.2) is 28.5 Å². The second kappa shape index (κ2) is 5.62. The van der Waals surface area contributed by atoms with Gasteiger partial charge < -0.3 is 10.6 Å². The van der Waals surface area contributed by atoms with Gasteiger partial charge in [-0.05, 0) is 42.2 Å². The van der Waals surface area contributed by atoms with Crippen LogP contribution in [0.15, 0.2) is 16.9 Å². The van der Waals surface area contributed by atoms with Gasteiger partial charge in [0, 0.05) is 18.3 Å². The molecular weight excluding hydrogens is 300 g/mol. The summed E-state index contributed by atoms with van der Waals surface area (Å²) in [5.74, 6) is 0. The fourth-order valence-corrected chi connectivity index (χ4v) is 2.57. The van der Waals surface area contributed by atoms with Crippen LogP contribution in [0.5, 0.6) is 0 Å². The van der Waals surface area contributed by atoms with Crippen molar-refractivity contribution < 1.29 is 4.92 Å². The summed E-state index contributed by atoms with van der Waals surface area (Å²) < 4.78 is 0.620. The van der Waals surface area contributed by atoms with Crippen LogP contribution in [0.3, 0.4) is 0 Å². The van der Waals surface area contributed by atoms with Gasteiger partial charge in [0.15, 0.2) is 0 Å². The third-order valence-corrected chi connectivity index (χ3v) is 3.77. The van der Waals surface area contributed by atoms with Crippen LogP contribution in [0.2, 0.25) is 0 Å². The number of pyridine rings is 1. The Morgan fingerprint density at radius 2 is 2.39 bits per heavy atom. The number of nitrogens with one attached hydrogen (secondary N) is 2. The van der Waals surface area contributed by atoms with E-state index in [4.69, 9.17) is 0 Å². The minimum atomic E-state index is -0.416. The summed E-state index contributed by atoms with van der Waals surface area (Å²) >= 11 is 3.31. The van der Waals surface area contributed by atoms with Crippen LogP contribution in [0, 0.1) is 10.1 Å². The topological polar surface area (TPSA) is 80.1 Å². The fourth-order valence-electron chi connectivity index (χ4n) is 2.13. The predicted octanol–water partition coefficient (Wildman–Crippen LogP) is 2.30. The molecule has 0 amide bonds. The Bertz CT molecular complexity index is 455. The Morgan fingerprint density at radius 1 is 1.61 bits per heavy atom. The molecule has 2 heterocycles. The molecule has 6 nitrogen and oxygen atoms in total. The smallest absolute Gasteiger partial charge is 0.311 e. The number of nitrogens with zero attached hydrogens (tertiary/aromatic N) is 2. The second-order valence-corrected chi connectivity index (χ2v) is 5.26. The van der Waals surface area contributed by atoms with Gasteiger partial charge in [-0.3, -0.25) is 15.1 Å². The van der Waals surface area contributed by atoms with Crippen molar-refractivity contribution in [3.63, 3.8) is 0 Å². The lowest BCUT2D eigenvalue weighted by molar-refractivity contribution is -0.384. The molecule has 0 aromatic carbocycles. The lowest BCUT2D eigenvalue weighted by atomic mass is 9.99. The van der Waals surface area contributed by atoms with Crippen LogP contribution in [0.1, 0.15) is 19.8 Å². The molecule has 1 aromatic heterocycles. The van der Waals surface area contributed by atoms with Gasteiger partial charge in [-0.25, -0.2) is 0 Å². The van der Waals surface area contributed by atoms with E-state index in [0.717, 1.165) is 19.4 Å². The molecule has 0 saturated carbocycles. The Hall–Kier alpha value is -1.21. The number of hydrogen-bond donors (Lipinski definition) is 2. The number of rotatable bonds is 3. The van der Waals surface area contributed by atoms with E-state index in [2.05, 4.69) is 38.5 Å². The molecule has 1 aliphatic rings. The molecule has 1 aliphatic heterocycles. The molecule has 1 aromatic rings. The molecule has 1 saturated heterocycles. The summed E-state index contributed by atoms with van der Waals surface area (Å²) in [7, 11) is 0. The minimum Gasteiger partial charge on any atom is -0.374 e. The zero-order chi connectivity index (χ0) is 13.1. The molecule has 1 fully saturated rings. The first-order valence-electron chi connectivity index (χ1n) is 5.87. The SMILES string of the molecule is CC1NCCCC1Nc1c(Br)cncc1[N+](=O)[O-]. The van der Waals surface area contributed by atoms with Crippen molar-refractivity contribution in [2.45, 2.75) is 31.8 Å². The predicted molar refractivity (Wildman–Crippen MR) is 72.7 cm³/mol. The van der Waals surface area contributed by atoms with E-state index in [1.165, 1.54) is 6.20 Å². The van der Waals surface area contributed by atoms with E-state index < -0.39 is 4.92 Å². The first kappa shape index (κ1) is 13.2. The molecule has 0 spiro atoms. The minimum absolute atomic E-state index is 0.00199. The van der Waals surface area contributed by atoms with Crippen LogP contribution < -0.4 is 10.6 Å². The number of piperidine rings is 1. The maximum atomic E-state index is 11.0. The van der Waals surface area contributed by atoms with Crippen molar-refractivity contribution in [2.24, 2.45) is 0 Å². The molecule has 0 bridgehead atoms. The Morgan fingerprint density at radius 3 is 3.06 bits per heavy atom. The Kier molecular flexibility index (Phi) is 4.13. The average molecular weight is 315 g/mol. The molecule has 2 atom stereocenters. The van der Waals surface area contributed by atoms with Gasteiger partial charge >= 0.3 is 5.69 Å². The highest BCUT2D eigenvalue weighted by Gasteiger charge is 2.25. The zero-order valence-electron chi connectivity index (χ0n) is 10.0. The first-order valence-corrected chi connectivity index (χ1v) is 6.66. The number of nitro groups is 1. The van der Waals surface area contributed by atoms with Gasteiger partial charge in [0.1, 0.15) is 11.9 Å². The normalized spacial score (nSPS) is 23.7. The summed E-state index contributed by atoms with van der Waals surface area (Å²) in [6.45, 7) is 3.08. The van der Waals surface area contributed by atoms with Gasteiger partial charge in [0.2, 0.25) is 0 Å². The van der Waals surface area contributed by atoms with Crippen molar-refractivity contribution in [2.75, 3.05) is 11.9 Å². The Balaban J connectivity index is 2.24. The molecule has 2 unspecified atom stereocenters. The van der Waals surface area contributed by atoms with Crippen molar-refractivity contribution in [1.29, 1.82) is 0 Å². The van der Waals surface area contributed by atoms with E-state index in [1.807, 2.05) is 0 Å². The highest BCUT2D eigenvalue weighted by Crippen LogP contribution is 2.32. The number of aromatic nitrogens is 1.